The molecule has 0 atom stereocenters. The van der Waals surface area contributed by atoms with Crippen LogP contribution >= 0.6 is 11.6 Å². The van der Waals surface area contributed by atoms with Crippen molar-refractivity contribution in [1.29, 1.82) is 0 Å². The zero-order valence-electron chi connectivity index (χ0n) is 37.1. The first-order valence-electron chi connectivity index (χ1n) is 22.3. The van der Waals surface area contributed by atoms with E-state index in [1.54, 1.807) is 76.1 Å². The second kappa shape index (κ2) is 18.4. The molecule has 0 unspecified atom stereocenters. The smallest absolute Gasteiger partial charge is 0.345 e. The number of hydrogen-bond acceptors (Lipinski definition) is 12. The number of piperazine rings is 1. The lowest BCUT2D eigenvalue weighted by molar-refractivity contribution is -0.129. The molecule has 344 valence electrons. The van der Waals surface area contributed by atoms with Crippen molar-refractivity contribution in [2.24, 2.45) is 0 Å². The largest absolute Gasteiger partial charge is 0.462 e. The van der Waals surface area contributed by atoms with Crippen LogP contribution in [0.1, 0.15) is 54.3 Å². The van der Waals surface area contributed by atoms with Crippen LogP contribution < -0.4 is 32.2 Å². The van der Waals surface area contributed by atoms with Crippen LogP contribution in [0.15, 0.2) is 92.0 Å². The molecule has 0 bridgehead atoms. The summed E-state index contributed by atoms with van der Waals surface area (Å²) in [4.78, 5) is 109. The minimum atomic E-state index is -0.808. The van der Waals surface area contributed by atoms with Crippen LogP contribution in [0.5, 0.6) is 0 Å². The van der Waals surface area contributed by atoms with E-state index in [0.29, 0.717) is 77.9 Å². The number of carbonyl (C=O) groups excluding carboxylic acids is 3. The Hall–Kier alpha value is -7.44. The molecule has 2 amide bonds. The number of pyridine rings is 4. The summed E-state index contributed by atoms with van der Waals surface area (Å²) in [6.45, 7) is 11.0. The molecular weight excluding hydrogens is 880 g/mol. The second-order valence-electron chi connectivity index (χ2n) is 16.4. The first-order valence-corrected chi connectivity index (χ1v) is 22.6. The van der Waals surface area contributed by atoms with Gasteiger partial charge in [0.05, 0.1) is 39.2 Å². The van der Waals surface area contributed by atoms with Gasteiger partial charge in [0, 0.05) is 52.7 Å². The molecule has 2 N–H and O–H groups in total. The maximum Gasteiger partial charge on any atom is 0.345 e. The number of aryl methyl sites for hydroxylation is 1. The normalized spacial score (nSPS) is 14.3. The number of anilines is 1. The molecule has 0 aliphatic carbocycles. The van der Waals surface area contributed by atoms with Crippen LogP contribution in [-0.4, -0.2) is 115 Å². The van der Waals surface area contributed by atoms with Gasteiger partial charge in [-0.15, -0.1) is 0 Å². The molecule has 67 heavy (non-hydrogen) atoms. The zero-order chi connectivity index (χ0) is 47.1. The zero-order valence-corrected chi connectivity index (χ0v) is 37.9. The Bertz CT molecular complexity index is 3570. The predicted octanol–water partition coefficient (Wildman–Crippen LogP) is 4.20. The first kappa shape index (κ1) is 44.7. The van der Waals surface area contributed by atoms with Crippen LogP contribution in [0.4, 0.5) is 5.82 Å². The average Bonchev–Trinajstić information content (AvgIpc) is 3.86. The highest BCUT2D eigenvalue weighted by molar-refractivity contribution is 6.29. The number of ether oxygens (including phenoxy) is 1. The molecule has 8 heterocycles. The summed E-state index contributed by atoms with van der Waals surface area (Å²) in [5, 5.41) is 4.52. The topological polar surface area (TPSA) is 206 Å². The Balaban J connectivity index is 0.000000186. The number of benzene rings is 2. The maximum atomic E-state index is 14.0. The lowest BCUT2D eigenvalue weighted by atomic mass is 10.1. The number of para-hydroxylation sites is 2. The molecule has 2 saturated heterocycles. The lowest BCUT2D eigenvalue weighted by Gasteiger charge is -2.35. The number of H-pyrrole nitrogens is 1. The highest BCUT2D eigenvalue weighted by Crippen LogP contribution is 2.25. The summed E-state index contributed by atoms with van der Waals surface area (Å²) < 4.78 is 9.86. The summed E-state index contributed by atoms with van der Waals surface area (Å²) in [6.07, 6.45) is 2.31. The Morgan fingerprint density at radius 1 is 0.731 bits per heavy atom. The fraction of sp³-hybridized carbons (Fsp3) is 0.312. The third-order valence-corrected chi connectivity index (χ3v) is 12.7. The van der Waals surface area contributed by atoms with E-state index in [1.807, 2.05) is 19.1 Å². The van der Waals surface area contributed by atoms with Gasteiger partial charge in [0.1, 0.15) is 33.4 Å². The van der Waals surface area contributed by atoms with Gasteiger partial charge in [-0.3, -0.25) is 42.1 Å². The molecule has 0 radical (unpaired) electrons. The second-order valence-corrected chi connectivity index (χ2v) is 16.7. The van der Waals surface area contributed by atoms with Crippen LogP contribution in [0.25, 0.3) is 55.2 Å². The average molecular weight is 927 g/mol. The number of nitrogens with one attached hydrogen (secondary N) is 2. The van der Waals surface area contributed by atoms with Gasteiger partial charge in [0.2, 0.25) is 16.8 Å². The van der Waals surface area contributed by atoms with E-state index in [1.165, 1.54) is 16.7 Å². The Labute approximate surface area is 386 Å². The number of amides is 2. The van der Waals surface area contributed by atoms with Gasteiger partial charge < -0.3 is 29.7 Å². The summed E-state index contributed by atoms with van der Waals surface area (Å²) in [5.74, 6) is -0.577. The quantitative estimate of drug-likeness (QED) is 0.125. The van der Waals surface area contributed by atoms with Gasteiger partial charge in [-0.25, -0.2) is 14.8 Å². The van der Waals surface area contributed by atoms with Crippen molar-refractivity contribution in [3.63, 3.8) is 0 Å². The van der Waals surface area contributed by atoms with E-state index >= 15 is 0 Å². The molecule has 2 aromatic carbocycles. The van der Waals surface area contributed by atoms with E-state index in [4.69, 9.17) is 21.3 Å². The minimum absolute atomic E-state index is 0.0272. The number of fused-ring (bicyclic) bond motifs is 10. The fourth-order valence-corrected chi connectivity index (χ4v) is 9.31. The number of halogens is 1. The highest BCUT2D eigenvalue weighted by Gasteiger charge is 2.27. The van der Waals surface area contributed by atoms with Gasteiger partial charge in [-0.05, 0) is 88.3 Å². The summed E-state index contributed by atoms with van der Waals surface area (Å²) in [7, 11) is 0. The lowest BCUT2D eigenvalue weighted by Crippen LogP contribution is -2.48. The number of aromatic nitrogens is 6. The summed E-state index contributed by atoms with van der Waals surface area (Å²) in [5.41, 5.74) is -0.00388. The molecule has 2 fully saturated rings. The molecule has 8 aromatic rings. The maximum absolute atomic E-state index is 14.0. The first-order chi connectivity index (χ1) is 32.4. The molecular formula is C48H47ClN10O8. The van der Waals surface area contributed by atoms with Crippen LogP contribution in [-0.2, 0) is 16.1 Å². The number of hydrogen-bond donors (Lipinski definition) is 2. The van der Waals surface area contributed by atoms with Crippen LogP contribution in [0, 0.1) is 0 Å². The van der Waals surface area contributed by atoms with Gasteiger partial charge in [0.25, 0.3) is 17.0 Å². The predicted molar refractivity (Wildman–Crippen MR) is 257 cm³/mol. The molecule has 2 aliphatic heterocycles. The Morgan fingerprint density at radius 3 is 2.03 bits per heavy atom. The van der Waals surface area contributed by atoms with Crippen LogP contribution in [0.3, 0.4) is 0 Å². The van der Waals surface area contributed by atoms with Crippen molar-refractivity contribution in [1.82, 2.24) is 43.4 Å². The summed E-state index contributed by atoms with van der Waals surface area (Å²) >= 11 is 6.02. The molecule has 0 saturated carbocycles. The number of aromatic amines is 1. The van der Waals surface area contributed by atoms with E-state index in [2.05, 4.69) is 25.1 Å². The van der Waals surface area contributed by atoms with Gasteiger partial charge in [0.15, 0.2) is 11.3 Å². The number of carbonyl (C=O) groups is 3. The van der Waals surface area contributed by atoms with Crippen molar-refractivity contribution in [2.45, 2.75) is 40.2 Å². The van der Waals surface area contributed by atoms with Crippen molar-refractivity contribution < 1.29 is 19.1 Å². The monoisotopic (exact) mass is 926 g/mol. The Kier molecular flexibility index (Phi) is 12.3. The molecule has 0 spiro atoms. The van der Waals surface area contributed by atoms with E-state index in [9.17, 15) is 33.6 Å². The summed E-state index contributed by atoms with van der Waals surface area (Å²) in [6, 6.07) is 20.5. The van der Waals surface area contributed by atoms with Gasteiger partial charge in [-0.2, -0.15) is 0 Å². The number of rotatable bonds is 8. The standard InChI is InChI=1S/C30H35N7O4.C18H12ClN3O4/c1-3-36-29-25(28(40)31-12-15-33-13-6-7-14-33)26(39)22-10-11-24(35-18-16-34(17-19-35)20(2)38)32-27(22)37(29)23-9-5-4-8-21(23)30(36)41;1-2-26-18(25)13-14(23)10-7-8-12(19)20-15(10)22-11-6-4-3-5-9(11)17(24)21-16(13)22/h4-5,8-11H,3,6-7,12-19H2,1-2H3,(H,31,40);3-8H,2H2,1H3,(H,21,24). The third kappa shape index (κ3) is 8.05. The van der Waals surface area contributed by atoms with Crippen molar-refractivity contribution in [3.05, 3.63) is 130 Å². The fourth-order valence-electron chi connectivity index (χ4n) is 9.17. The van der Waals surface area contributed by atoms with Crippen LogP contribution in [0.2, 0.25) is 5.15 Å². The number of esters is 1. The van der Waals surface area contributed by atoms with Crippen molar-refractivity contribution in [2.75, 3.05) is 63.9 Å². The number of likely N-dealkylation sites (tertiary alicyclic amines) is 1. The molecule has 10 rings (SSSR count). The Morgan fingerprint density at radius 2 is 1.36 bits per heavy atom. The van der Waals surface area contributed by atoms with Gasteiger partial charge >= 0.3 is 5.97 Å². The molecule has 6 aromatic heterocycles. The SMILES string of the molecule is CCOC(=O)c1c(=O)c2ccc(Cl)nc2n2c1[nH]c(=O)c1ccccc12.CCn1c(=O)c2ccccc2n2c3nc(N4CCN(C(C)=O)CC4)ccc3c(=O)c(C(=O)NCCN3CCCC3)c12. The van der Waals surface area contributed by atoms with Gasteiger partial charge in [-0.1, -0.05) is 35.9 Å². The minimum Gasteiger partial charge on any atom is -0.462 e. The van der Waals surface area contributed by atoms with E-state index in [-0.39, 0.29) is 63.2 Å². The van der Waals surface area contributed by atoms with Crippen molar-refractivity contribution in [3.8, 4) is 0 Å². The number of nitrogens with zero attached hydrogens (tertiary/aromatic N) is 8. The molecule has 2 aliphatic rings. The van der Waals surface area contributed by atoms with E-state index in [0.717, 1.165) is 25.9 Å². The highest BCUT2D eigenvalue weighted by atomic mass is 35.5. The van der Waals surface area contributed by atoms with E-state index < -0.39 is 28.3 Å². The van der Waals surface area contributed by atoms with Crippen molar-refractivity contribution >= 4 is 90.4 Å². The third-order valence-electron chi connectivity index (χ3n) is 12.4. The molecule has 19 heteroatoms. The molecule has 18 nitrogen and oxygen atoms in total.